The molecule has 2 nitrogen and oxygen atoms in total. The molecule has 0 amide bonds. The van der Waals surface area contributed by atoms with Crippen LogP contribution in [0.15, 0.2) is 72.6 Å². The van der Waals surface area contributed by atoms with E-state index in [1.54, 1.807) is 0 Å². The molecule has 0 aliphatic heterocycles. The molecule has 0 saturated heterocycles. The predicted molar refractivity (Wildman–Crippen MR) is 89.6 cm³/mol. The zero-order valence-electron chi connectivity index (χ0n) is 11.9. The van der Waals surface area contributed by atoms with E-state index in [4.69, 9.17) is 6.57 Å². The van der Waals surface area contributed by atoms with Gasteiger partial charge < -0.3 is 9.41 Å². The molecule has 2 aromatic rings. The number of unbranched alkanes of at least 4 members (excludes halogenated alkanes) is 1. The number of rotatable bonds is 6. The van der Waals surface area contributed by atoms with Crippen molar-refractivity contribution in [3.63, 3.8) is 0 Å². The van der Waals surface area contributed by atoms with Gasteiger partial charge in [-0.25, -0.2) is 6.57 Å². The van der Waals surface area contributed by atoms with Crippen LogP contribution in [0, 0.1) is 6.57 Å². The van der Waals surface area contributed by atoms with Crippen LogP contribution in [0.5, 0.6) is 0 Å². The smallest absolute Gasteiger partial charge is 0.215 e. The molecule has 3 heteroatoms. The molecule has 0 atom stereocenters. The quantitative estimate of drug-likeness (QED) is 0.444. The van der Waals surface area contributed by atoms with Crippen LogP contribution in [0.25, 0.3) is 4.85 Å². The first-order valence-corrected chi connectivity index (χ1v) is 8.77. The molecular weight excluding hydrogens is 277 g/mol. The molecule has 2 aromatic carbocycles. The molecule has 21 heavy (non-hydrogen) atoms. The molecule has 0 aromatic heterocycles. The lowest BCUT2D eigenvalue weighted by Gasteiger charge is -2.15. The summed E-state index contributed by atoms with van der Waals surface area (Å²) in [5.74, 6) is 1.83. The largest absolute Gasteiger partial charge is 0.317 e. The third-order valence-corrected chi connectivity index (χ3v) is 6.00. The summed E-state index contributed by atoms with van der Waals surface area (Å²) in [6.07, 6.45) is 3.54. The molecule has 0 aliphatic carbocycles. The van der Waals surface area contributed by atoms with E-state index < -0.39 is 7.14 Å². The summed E-state index contributed by atoms with van der Waals surface area (Å²) in [5.41, 5.74) is 0. The van der Waals surface area contributed by atoms with Gasteiger partial charge in [0.1, 0.15) is 0 Å². The summed E-state index contributed by atoms with van der Waals surface area (Å²) in [7, 11) is -2.73. The minimum atomic E-state index is -2.73. The van der Waals surface area contributed by atoms with E-state index >= 15 is 0 Å². The summed E-state index contributed by atoms with van der Waals surface area (Å²) >= 11 is 0. The third-order valence-electron chi connectivity index (χ3n) is 3.24. The van der Waals surface area contributed by atoms with Crippen LogP contribution in [0.2, 0.25) is 0 Å². The average Bonchev–Trinajstić information content (AvgIpc) is 2.56. The maximum Gasteiger partial charge on any atom is 0.215 e. The van der Waals surface area contributed by atoms with Crippen LogP contribution in [0.3, 0.4) is 0 Å². The number of nitrogens with zero attached hydrogens (tertiary/aromatic N) is 1. The Morgan fingerprint density at radius 1 is 0.952 bits per heavy atom. The van der Waals surface area contributed by atoms with E-state index in [1.165, 1.54) is 0 Å². The summed E-state index contributed by atoms with van der Waals surface area (Å²) < 4.78 is 13.5. The van der Waals surface area contributed by atoms with E-state index in [1.807, 2.05) is 72.6 Å². The maximum atomic E-state index is 13.5. The van der Waals surface area contributed by atoms with E-state index in [2.05, 4.69) is 4.85 Å². The lowest BCUT2D eigenvalue weighted by molar-refractivity contribution is 0.592. The molecule has 0 fully saturated rings. The van der Waals surface area contributed by atoms with Gasteiger partial charge in [0.2, 0.25) is 6.54 Å². The van der Waals surface area contributed by atoms with Crippen molar-refractivity contribution < 1.29 is 4.57 Å². The van der Waals surface area contributed by atoms with Crippen molar-refractivity contribution in [2.24, 2.45) is 0 Å². The van der Waals surface area contributed by atoms with Gasteiger partial charge in [-0.3, -0.25) is 0 Å². The second kappa shape index (κ2) is 7.62. The zero-order chi connectivity index (χ0) is 15.0. The first-order valence-electron chi connectivity index (χ1n) is 6.99. The van der Waals surface area contributed by atoms with Crippen LogP contribution >= 0.6 is 7.14 Å². The molecule has 0 heterocycles. The van der Waals surface area contributed by atoms with Crippen molar-refractivity contribution in [3.8, 4) is 0 Å². The highest BCUT2D eigenvalue weighted by molar-refractivity contribution is 7.81. The van der Waals surface area contributed by atoms with Gasteiger partial charge in [-0.15, -0.1) is 0 Å². The average molecular weight is 295 g/mol. The zero-order valence-corrected chi connectivity index (χ0v) is 12.7. The highest BCUT2D eigenvalue weighted by atomic mass is 31.2. The van der Waals surface area contributed by atoms with Gasteiger partial charge in [-0.2, -0.15) is 0 Å². The summed E-state index contributed by atoms with van der Waals surface area (Å²) in [5, 5.41) is 1.69. The number of hydrogen-bond acceptors (Lipinski definition) is 1. The summed E-state index contributed by atoms with van der Waals surface area (Å²) in [6.45, 7) is 7.30. The van der Waals surface area contributed by atoms with E-state index in [-0.39, 0.29) is 0 Å². The van der Waals surface area contributed by atoms with Gasteiger partial charge in [0.15, 0.2) is 7.14 Å². The number of hydrogen-bond donors (Lipinski definition) is 0. The summed E-state index contributed by atoms with van der Waals surface area (Å²) in [6, 6.07) is 19.2. The second-order valence-electron chi connectivity index (χ2n) is 4.74. The number of allylic oxidation sites excluding steroid dienone is 1. The lowest BCUT2D eigenvalue weighted by Crippen LogP contribution is -2.13. The molecule has 0 aliphatic rings. The summed E-state index contributed by atoms with van der Waals surface area (Å²) in [4.78, 5) is 3.33. The molecule has 0 unspecified atom stereocenters. The van der Waals surface area contributed by atoms with Gasteiger partial charge in [0.05, 0.1) is 0 Å². The molecular formula is C18H18NOP. The minimum Gasteiger partial charge on any atom is -0.317 e. The van der Waals surface area contributed by atoms with Crippen LogP contribution in [0.4, 0.5) is 0 Å². The third kappa shape index (κ3) is 3.94. The van der Waals surface area contributed by atoms with Crippen molar-refractivity contribution >= 4 is 17.8 Å². The molecule has 2 rings (SSSR count). The van der Waals surface area contributed by atoms with E-state index in [0.717, 1.165) is 23.5 Å². The standard InChI is InChI=1S/C18H18NOP/c1-19-15-9-4-10-16-21(20,17-11-5-2-6-12-17)18-13-7-3-8-14-18/h2-3,5-8,10-14,16H,4,9,15H2/b16-10+. The molecule has 106 valence electrons. The van der Waals surface area contributed by atoms with Gasteiger partial charge >= 0.3 is 0 Å². The van der Waals surface area contributed by atoms with Crippen molar-refractivity contribution in [2.75, 3.05) is 6.54 Å². The van der Waals surface area contributed by atoms with Crippen LogP contribution in [0.1, 0.15) is 12.8 Å². The Hall–Kier alpha value is -2.10. The van der Waals surface area contributed by atoms with Gasteiger partial charge in [0.25, 0.3) is 0 Å². The topological polar surface area (TPSA) is 21.4 Å². The monoisotopic (exact) mass is 295 g/mol. The SMILES string of the molecule is [C-]#[N+]CCC/C=C/P(=O)(c1ccccc1)c1ccccc1. The Kier molecular flexibility index (Phi) is 5.55. The Morgan fingerprint density at radius 2 is 1.48 bits per heavy atom. The molecule has 0 spiro atoms. The van der Waals surface area contributed by atoms with Gasteiger partial charge in [0, 0.05) is 17.0 Å². The lowest BCUT2D eigenvalue weighted by atomic mass is 10.3. The number of benzene rings is 2. The first-order chi connectivity index (χ1) is 10.3. The first kappa shape index (κ1) is 15.3. The fourth-order valence-electron chi connectivity index (χ4n) is 2.13. The second-order valence-corrected chi connectivity index (χ2v) is 7.38. The fraction of sp³-hybridized carbons (Fsp3) is 0.167. The predicted octanol–water partition coefficient (Wildman–Crippen LogP) is 4.21. The highest BCUT2D eigenvalue weighted by Gasteiger charge is 2.23. The Morgan fingerprint density at radius 3 is 1.95 bits per heavy atom. The van der Waals surface area contributed by atoms with Gasteiger partial charge in [-0.1, -0.05) is 66.7 Å². The van der Waals surface area contributed by atoms with Crippen molar-refractivity contribution in [2.45, 2.75) is 12.8 Å². The van der Waals surface area contributed by atoms with E-state index in [0.29, 0.717) is 6.54 Å². The van der Waals surface area contributed by atoms with Crippen LogP contribution in [-0.4, -0.2) is 6.54 Å². The Labute approximate surface area is 126 Å². The van der Waals surface area contributed by atoms with Crippen LogP contribution in [-0.2, 0) is 4.57 Å². The highest BCUT2D eigenvalue weighted by Crippen LogP contribution is 2.44. The molecule has 0 bridgehead atoms. The molecule has 0 saturated carbocycles. The van der Waals surface area contributed by atoms with Crippen LogP contribution < -0.4 is 10.6 Å². The molecule has 0 N–H and O–H groups in total. The van der Waals surface area contributed by atoms with E-state index in [9.17, 15) is 4.57 Å². The maximum absolute atomic E-state index is 13.5. The van der Waals surface area contributed by atoms with Gasteiger partial charge in [-0.05, 0) is 12.2 Å². The van der Waals surface area contributed by atoms with Crippen molar-refractivity contribution in [1.82, 2.24) is 0 Å². The van der Waals surface area contributed by atoms with Crippen molar-refractivity contribution in [3.05, 3.63) is 84.0 Å². The minimum absolute atomic E-state index is 0.519. The molecule has 0 radical (unpaired) electrons. The fourth-order valence-corrected chi connectivity index (χ4v) is 4.45. The Balaban J connectivity index is 2.32. The van der Waals surface area contributed by atoms with Crippen molar-refractivity contribution in [1.29, 1.82) is 0 Å². The Bertz CT molecular complexity index is 628. The normalized spacial score (nSPS) is 11.4.